The molecule has 0 heterocycles. The van der Waals surface area contributed by atoms with E-state index in [0.29, 0.717) is 23.0 Å². The zero-order valence-corrected chi connectivity index (χ0v) is 31.2. The molecule has 0 bridgehead atoms. The van der Waals surface area contributed by atoms with Crippen molar-refractivity contribution in [3.05, 3.63) is 149 Å². The summed E-state index contributed by atoms with van der Waals surface area (Å²) in [5.41, 5.74) is 5.54. The second kappa shape index (κ2) is 17.1. The van der Waals surface area contributed by atoms with Gasteiger partial charge in [0.1, 0.15) is 24.9 Å². The molecule has 0 aromatic heterocycles. The summed E-state index contributed by atoms with van der Waals surface area (Å²) in [4.78, 5) is 9.84. The van der Waals surface area contributed by atoms with Crippen LogP contribution in [0, 0.1) is 13.8 Å². The van der Waals surface area contributed by atoms with E-state index in [1.165, 1.54) is 10.6 Å². The number of para-hydroxylation sites is 1. The van der Waals surface area contributed by atoms with Crippen molar-refractivity contribution in [2.45, 2.75) is 64.8 Å². The van der Waals surface area contributed by atoms with Gasteiger partial charge in [-0.15, -0.1) is 0 Å². The molecular weight excluding hydrogens is 665 g/mol. The Morgan fingerprint density at radius 1 is 0.692 bits per heavy atom. The molecule has 0 saturated heterocycles. The summed E-state index contributed by atoms with van der Waals surface area (Å²) in [6.07, 6.45) is 7.84. The van der Waals surface area contributed by atoms with Crippen molar-refractivity contribution in [2.24, 2.45) is 9.98 Å². The van der Waals surface area contributed by atoms with Crippen LogP contribution in [-0.4, -0.2) is 57.6 Å². The zero-order chi connectivity index (χ0) is 36.5. The van der Waals surface area contributed by atoms with Crippen LogP contribution in [0.15, 0.2) is 125 Å². The summed E-state index contributed by atoms with van der Waals surface area (Å²) in [6.45, 7) is 3.97. The molecule has 8 heteroatoms. The molecule has 1 fully saturated rings. The van der Waals surface area contributed by atoms with E-state index in [9.17, 15) is 15.3 Å². The highest BCUT2D eigenvalue weighted by molar-refractivity contribution is 7.78. The van der Waals surface area contributed by atoms with Gasteiger partial charge in [-0.25, -0.2) is 4.33 Å². The fourth-order valence-electron chi connectivity index (χ4n) is 7.20. The summed E-state index contributed by atoms with van der Waals surface area (Å²) in [7, 11) is -0.149. The SMILES string of the molecule is Cc1cc(C=NC2CCCCC2N=Cc2cc(C)cc(COCP(c3ccccc3)(c3ccccc3)=[N+](C)c3ccccc3)c2O)c(O)c(CO)c1. The summed E-state index contributed by atoms with van der Waals surface area (Å²) in [6, 6.07) is 39.2. The molecule has 2 unspecified atom stereocenters. The van der Waals surface area contributed by atoms with E-state index in [4.69, 9.17) is 14.7 Å². The minimum absolute atomic E-state index is 0.0492. The van der Waals surface area contributed by atoms with Crippen molar-refractivity contribution in [2.75, 3.05) is 13.4 Å². The van der Waals surface area contributed by atoms with Gasteiger partial charge < -0.3 is 20.1 Å². The number of hydrogen-bond donors (Lipinski definition) is 3. The molecule has 2 atom stereocenters. The minimum Gasteiger partial charge on any atom is -0.507 e. The molecule has 268 valence electrons. The molecule has 0 amide bonds. The highest BCUT2D eigenvalue weighted by Crippen LogP contribution is 2.49. The van der Waals surface area contributed by atoms with E-state index < -0.39 is 7.05 Å². The van der Waals surface area contributed by atoms with Crippen molar-refractivity contribution < 1.29 is 24.4 Å². The molecule has 7 nitrogen and oxygen atoms in total. The summed E-state index contributed by atoms with van der Waals surface area (Å²) in [5, 5.41) is 34.3. The lowest BCUT2D eigenvalue weighted by Crippen LogP contribution is -2.27. The Labute approximate surface area is 307 Å². The van der Waals surface area contributed by atoms with E-state index in [1.807, 2.05) is 50.2 Å². The average Bonchev–Trinajstić information content (AvgIpc) is 3.18. The van der Waals surface area contributed by atoms with E-state index in [0.717, 1.165) is 48.1 Å². The van der Waals surface area contributed by atoms with Crippen molar-refractivity contribution in [3.8, 4) is 11.5 Å². The Bertz CT molecular complexity index is 2040. The number of rotatable bonds is 12. The van der Waals surface area contributed by atoms with Crippen LogP contribution in [0.1, 0.15) is 59.1 Å². The standard InChI is InChI=1S/C44H48N3O4P/c1-32-23-34(43(49)36(25-32)29-48)27-45-41-21-13-14-22-42(41)46-28-35-24-33(2)26-37(44(35)50)30-51-31-52(39-17-9-5-10-18-39,40-19-11-6-12-20-40)47(3)38-15-7-4-8-16-38/h4-12,15-20,23-28,41-42,48H,13-14,21-22,29-31H2,1-3H3,(H-,45,46,49,50)/p+1. The second-order valence-corrected chi connectivity index (χ2v) is 17.1. The van der Waals surface area contributed by atoms with Crippen molar-refractivity contribution >= 4 is 35.8 Å². The van der Waals surface area contributed by atoms with Crippen LogP contribution in [0.3, 0.4) is 0 Å². The van der Waals surface area contributed by atoms with Crippen molar-refractivity contribution in [1.82, 2.24) is 0 Å². The lowest BCUT2D eigenvalue weighted by Gasteiger charge is -2.25. The summed E-state index contributed by atoms with van der Waals surface area (Å²) >= 11 is 0. The predicted octanol–water partition coefficient (Wildman–Crippen LogP) is 8.36. The Balaban J connectivity index is 1.27. The molecule has 0 aliphatic heterocycles. The van der Waals surface area contributed by atoms with Gasteiger partial charge in [-0.05, 0) is 74.2 Å². The Kier molecular flexibility index (Phi) is 12.2. The number of phenols is 2. The third-order valence-electron chi connectivity index (χ3n) is 9.94. The Morgan fingerprint density at radius 2 is 1.15 bits per heavy atom. The molecule has 1 aliphatic carbocycles. The predicted molar refractivity (Wildman–Crippen MR) is 214 cm³/mol. The van der Waals surface area contributed by atoms with Crippen LogP contribution in [0.25, 0.3) is 0 Å². The molecule has 6 rings (SSSR count). The van der Waals surface area contributed by atoms with Crippen LogP contribution < -0.4 is 10.6 Å². The number of hydrogen-bond acceptors (Lipinski definition) is 6. The van der Waals surface area contributed by atoms with Gasteiger partial charge in [-0.1, -0.05) is 79.6 Å². The van der Waals surface area contributed by atoms with Crippen LogP contribution in [-0.2, 0) is 18.0 Å². The molecule has 3 N–H and O–H groups in total. The molecule has 5 aromatic rings. The van der Waals surface area contributed by atoms with Crippen LogP contribution >= 0.6 is 7.05 Å². The van der Waals surface area contributed by atoms with Crippen LogP contribution in [0.5, 0.6) is 11.5 Å². The first-order chi connectivity index (χ1) is 25.3. The summed E-state index contributed by atoms with van der Waals surface area (Å²) in [5.74, 6) is 0.233. The molecule has 0 spiro atoms. The van der Waals surface area contributed by atoms with Gasteiger partial charge in [-0.2, -0.15) is 0 Å². The smallest absolute Gasteiger partial charge is 0.200 e. The number of aliphatic hydroxyl groups is 1. The number of benzene rings is 5. The highest BCUT2D eigenvalue weighted by atomic mass is 31.2. The fourth-order valence-corrected chi connectivity index (χ4v) is 10.9. The van der Waals surface area contributed by atoms with E-state index >= 15 is 0 Å². The number of aliphatic hydroxyl groups excluding tert-OH is 1. The monoisotopic (exact) mass is 714 g/mol. The maximum absolute atomic E-state index is 11.6. The van der Waals surface area contributed by atoms with Crippen LogP contribution in [0.4, 0.5) is 5.69 Å². The number of nitrogens with zero attached hydrogens (tertiary/aromatic N) is 3. The number of aliphatic imine (C=N–C) groups is 2. The molecule has 5 aromatic carbocycles. The maximum atomic E-state index is 11.6. The van der Waals surface area contributed by atoms with E-state index in [1.54, 1.807) is 18.5 Å². The van der Waals surface area contributed by atoms with Gasteiger partial charge in [0, 0.05) is 57.4 Å². The summed E-state index contributed by atoms with van der Waals surface area (Å²) < 4.78 is 9.09. The number of aryl methyl sites for hydroxylation is 2. The molecule has 52 heavy (non-hydrogen) atoms. The number of ether oxygens (including phenoxy) is 1. The third kappa shape index (κ3) is 8.29. The van der Waals surface area contributed by atoms with Gasteiger partial charge in [0.2, 0.25) is 5.69 Å². The Morgan fingerprint density at radius 3 is 1.65 bits per heavy atom. The van der Waals surface area contributed by atoms with Gasteiger partial charge >= 0.3 is 0 Å². The van der Waals surface area contributed by atoms with Crippen LogP contribution in [0.2, 0.25) is 0 Å². The van der Waals surface area contributed by atoms with Gasteiger partial charge in [-0.3, -0.25) is 9.98 Å². The molecule has 1 aliphatic rings. The highest BCUT2D eigenvalue weighted by Gasteiger charge is 2.35. The first-order valence-electron chi connectivity index (χ1n) is 18.0. The fraction of sp³-hybridized carbons (Fsp3) is 0.273. The van der Waals surface area contributed by atoms with E-state index in [2.05, 4.69) is 84.2 Å². The zero-order valence-electron chi connectivity index (χ0n) is 30.3. The largest absolute Gasteiger partial charge is 0.507 e. The normalized spacial score (nSPS) is 16.5. The lowest BCUT2D eigenvalue weighted by molar-refractivity contribution is -0.382. The van der Waals surface area contributed by atoms with Crippen molar-refractivity contribution in [3.63, 3.8) is 0 Å². The maximum Gasteiger partial charge on any atom is 0.200 e. The number of phenolic OH excluding ortho intramolecular Hbond substituents is 1. The second-order valence-electron chi connectivity index (χ2n) is 13.6. The first kappa shape index (κ1) is 37.0. The van der Waals surface area contributed by atoms with Gasteiger partial charge in [0.15, 0.2) is 7.05 Å². The lowest BCUT2D eigenvalue weighted by atomic mass is 9.91. The van der Waals surface area contributed by atoms with E-state index in [-0.39, 0.29) is 36.8 Å². The quantitative estimate of drug-likeness (QED) is 0.0894. The topological polar surface area (TPSA) is 97.7 Å². The van der Waals surface area contributed by atoms with Gasteiger partial charge in [0.05, 0.1) is 25.3 Å². The Hall–Kier alpha value is -4.81. The first-order valence-corrected chi connectivity index (χ1v) is 19.9. The molecule has 1 saturated carbocycles. The third-order valence-corrected chi connectivity index (χ3v) is 14.1. The van der Waals surface area contributed by atoms with Crippen molar-refractivity contribution in [1.29, 1.82) is 0 Å². The average molecular weight is 715 g/mol. The van der Waals surface area contributed by atoms with Gasteiger partial charge in [0.25, 0.3) is 0 Å². The minimum atomic E-state index is -2.31. The number of aromatic hydroxyl groups is 2. The molecule has 0 radical (unpaired) electrons. The molecular formula is C44H49N3O4P+.